The molecule has 1 heterocycles. The van der Waals surface area contributed by atoms with Crippen LogP contribution in [-0.4, -0.2) is 56.2 Å². The van der Waals surface area contributed by atoms with Crippen molar-refractivity contribution >= 4 is 11.8 Å². The molecule has 1 saturated heterocycles. The molecule has 0 bridgehead atoms. The molecule has 0 aromatic heterocycles. The monoisotopic (exact) mass is 416 g/mol. The minimum absolute atomic E-state index is 0.00951. The predicted octanol–water partition coefficient (Wildman–Crippen LogP) is 3.26. The number of likely N-dealkylation sites (tertiary alicyclic amines) is 1. The van der Waals surface area contributed by atoms with Crippen LogP contribution in [0.1, 0.15) is 37.0 Å². The smallest absolute Gasteiger partial charge is 0.393 e. The van der Waals surface area contributed by atoms with Crippen LogP contribution in [0, 0.1) is 11.8 Å². The minimum Gasteiger partial charge on any atom is -0.497 e. The highest BCUT2D eigenvalue weighted by Gasteiger charge is 2.43. The standard InChI is InChI=1S/C20H27F3N2O4/c1-12(2)17(19(27)25-7-5-6-14(11-25)20(21,22)23)24-18(26)13-8-15(28-3)10-16(9-13)29-4/h8-10,12,14,17H,5-7,11H2,1-4H3,(H,24,26)/t14-,17-/m1/s1. The lowest BCUT2D eigenvalue weighted by Crippen LogP contribution is -2.54. The number of nitrogens with zero attached hydrogens (tertiary/aromatic N) is 1. The van der Waals surface area contributed by atoms with E-state index in [1.165, 1.54) is 31.3 Å². The first-order valence-corrected chi connectivity index (χ1v) is 9.46. The number of piperidine rings is 1. The Bertz CT molecular complexity index is 715. The Hall–Kier alpha value is -2.45. The number of halogens is 3. The van der Waals surface area contributed by atoms with Crippen LogP contribution >= 0.6 is 0 Å². The molecule has 1 aromatic carbocycles. The number of nitrogens with one attached hydrogen (secondary N) is 1. The van der Waals surface area contributed by atoms with Crippen LogP contribution in [-0.2, 0) is 4.79 Å². The highest BCUT2D eigenvalue weighted by atomic mass is 19.4. The molecule has 0 spiro atoms. The summed E-state index contributed by atoms with van der Waals surface area (Å²) in [6, 6.07) is 3.67. The molecular formula is C20H27F3N2O4. The van der Waals surface area contributed by atoms with E-state index in [-0.39, 0.29) is 37.4 Å². The molecular weight excluding hydrogens is 389 g/mol. The van der Waals surface area contributed by atoms with Crippen LogP contribution < -0.4 is 14.8 Å². The van der Waals surface area contributed by atoms with Crippen LogP contribution in [0.3, 0.4) is 0 Å². The summed E-state index contributed by atoms with van der Waals surface area (Å²) in [5, 5.41) is 2.66. The van der Waals surface area contributed by atoms with Crippen LogP contribution in [0.25, 0.3) is 0 Å². The van der Waals surface area contributed by atoms with Gasteiger partial charge in [-0.05, 0) is 30.9 Å². The van der Waals surface area contributed by atoms with Crippen LogP contribution in [0.15, 0.2) is 18.2 Å². The van der Waals surface area contributed by atoms with Crippen molar-refractivity contribution in [2.75, 3.05) is 27.3 Å². The maximum atomic E-state index is 13.1. The van der Waals surface area contributed by atoms with Crippen LogP contribution in [0.4, 0.5) is 13.2 Å². The van der Waals surface area contributed by atoms with Crippen molar-refractivity contribution in [3.63, 3.8) is 0 Å². The van der Waals surface area contributed by atoms with E-state index in [9.17, 15) is 22.8 Å². The van der Waals surface area contributed by atoms with Gasteiger partial charge < -0.3 is 19.7 Å². The van der Waals surface area contributed by atoms with Gasteiger partial charge in [-0.25, -0.2) is 0 Å². The van der Waals surface area contributed by atoms with Gasteiger partial charge in [-0.2, -0.15) is 13.2 Å². The Morgan fingerprint density at radius 2 is 1.72 bits per heavy atom. The largest absolute Gasteiger partial charge is 0.497 e. The molecule has 0 aliphatic carbocycles. The summed E-state index contributed by atoms with van der Waals surface area (Å²) in [5.41, 5.74) is 0.228. The van der Waals surface area contributed by atoms with Crippen molar-refractivity contribution in [3.05, 3.63) is 23.8 Å². The van der Waals surface area contributed by atoms with Gasteiger partial charge in [0.15, 0.2) is 0 Å². The zero-order chi connectivity index (χ0) is 21.8. The third-order valence-electron chi connectivity index (χ3n) is 5.03. The lowest BCUT2D eigenvalue weighted by molar-refractivity contribution is -0.188. The van der Waals surface area contributed by atoms with E-state index in [4.69, 9.17) is 9.47 Å². The van der Waals surface area contributed by atoms with Gasteiger partial charge in [0.2, 0.25) is 5.91 Å². The first-order valence-electron chi connectivity index (χ1n) is 9.46. The maximum Gasteiger partial charge on any atom is 0.393 e. The number of ether oxygens (including phenoxy) is 2. The molecule has 29 heavy (non-hydrogen) atoms. The number of hydrogen-bond acceptors (Lipinski definition) is 4. The molecule has 0 saturated carbocycles. The van der Waals surface area contributed by atoms with E-state index in [2.05, 4.69) is 5.32 Å². The fourth-order valence-electron chi connectivity index (χ4n) is 3.32. The zero-order valence-corrected chi connectivity index (χ0v) is 17.0. The van der Waals surface area contributed by atoms with E-state index in [1.54, 1.807) is 19.9 Å². The quantitative estimate of drug-likeness (QED) is 0.773. The summed E-state index contributed by atoms with van der Waals surface area (Å²) in [6.07, 6.45) is -4.05. The topological polar surface area (TPSA) is 67.9 Å². The predicted molar refractivity (Wildman–Crippen MR) is 101 cm³/mol. The van der Waals surface area contributed by atoms with Gasteiger partial charge in [0.25, 0.3) is 5.91 Å². The van der Waals surface area contributed by atoms with Gasteiger partial charge in [0.1, 0.15) is 17.5 Å². The number of carbonyl (C=O) groups is 2. The Kier molecular flexibility index (Phi) is 7.37. The number of hydrogen-bond donors (Lipinski definition) is 1. The molecule has 0 unspecified atom stereocenters. The Morgan fingerprint density at radius 1 is 1.14 bits per heavy atom. The van der Waals surface area contributed by atoms with E-state index in [0.717, 1.165) is 0 Å². The van der Waals surface area contributed by atoms with E-state index in [0.29, 0.717) is 11.5 Å². The second kappa shape index (κ2) is 9.37. The van der Waals surface area contributed by atoms with E-state index < -0.39 is 30.0 Å². The first-order chi connectivity index (χ1) is 13.6. The molecule has 6 nitrogen and oxygen atoms in total. The van der Waals surface area contributed by atoms with Crippen LogP contribution in [0.2, 0.25) is 0 Å². The van der Waals surface area contributed by atoms with Gasteiger partial charge in [-0.3, -0.25) is 9.59 Å². The molecule has 1 N–H and O–H groups in total. The minimum atomic E-state index is -4.34. The number of methoxy groups -OCH3 is 2. The first kappa shape index (κ1) is 22.8. The fraction of sp³-hybridized carbons (Fsp3) is 0.600. The summed E-state index contributed by atoms with van der Waals surface area (Å²) in [6.45, 7) is 3.34. The van der Waals surface area contributed by atoms with Gasteiger partial charge in [0, 0.05) is 24.7 Å². The number of alkyl halides is 3. The average molecular weight is 416 g/mol. The Morgan fingerprint density at radius 3 is 2.21 bits per heavy atom. The summed E-state index contributed by atoms with van der Waals surface area (Å²) in [5.74, 6) is -2.05. The molecule has 2 rings (SSSR count). The number of carbonyl (C=O) groups excluding carboxylic acids is 2. The zero-order valence-electron chi connectivity index (χ0n) is 17.0. The molecule has 2 amide bonds. The van der Waals surface area contributed by atoms with Crippen molar-refractivity contribution in [1.82, 2.24) is 10.2 Å². The van der Waals surface area contributed by atoms with Crippen molar-refractivity contribution in [1.29, 1.82) is 0 Å². The van der Waals surface area contributed by atoms with Crippen LogP contribution in [0.5, 0.6) is 11.5 Å². The maximum absolute atomic E-state index is 13.1. The molecule has 1 aliphatic rings. The van der Waals surface area contributed by atoms with Gasteiger partial charge in [-0.1, -0.05) is 13.8 Å². The highest BCUT2D eigenvalue weighted by Crippen LogP contribution is 2.33. The number of amides is 2. The lowest BCUT2D eigenvalue weighted by atomic mass is 9.95. The molecule has 1 fully saturated rings. The molecule has 162 valence electrons. The number of rotatable bonds is 6. The van der Waals surface area contributed by atoms with E-state index >= 15 is 0 Å². The lowest BCUT2D eigenvalue weighted by Gasteiger charge is -2.36. The molecule has 1 aromatic rings. The van der Waals surface area contributed by atoms with Crippen molar-refractivity contribution in [2.24, 2.45) is 11.8 Å². The average Bonchev–Trinajstić information content (AvgIpc) is 2.70. The second-order valence-corrected chi connectivity index (χ2v) is 7.46. The van der Waals surface area contributed by atoms with Gasteiger partial charge >= 0.3 is 6.18 Å². The molecule has 1 aliphatic heterocycles. The third-order valence-corrected chi connectivity index (χ3v) is 5.03. The fourth-order valence-corrected chi connectivity index (χ4v) is 3.32. The Balaban J connectivity index is 2.17. The summed E-state index contributed by atoms with van der Waals surface area (Å²) in [7, 11) is 2.90. The molecule has 9 heteroatoms. The molecule has 2 atom stereocenters. The summed E-state index contributed by atoms with van der Waals surface area (Å²) in [4.78, 5) is 26.9. The highest BCUT2D eigenvalue weighted by molar-refractivity contribution is 5.98. The van der Waals surface area contributed by atoms with Crippen molar-refractivity contribution in [2.45, 2.75) is 38.9 Å². The van der Waals surface area contributed by atoms with Gasteiger partial charge in [0.05, 0.1) is 20.1 Å². The normalized spacial score (nSPS) is 18.3. The second-order valence-electron chi connectivity index (χ2n) is 7.46. The van der Waals surface area contributed by atoms with Crippen molar-refractivity contribution in [3.8, 4) is 11.5 Å². The summed E-state index contributed by atoms with van der Waals surface area (Å²) < 4.78 is 49.5. The van der Waals surface area contributed by atoms with Crippen molar-refractivity contribution < 1.29 is 32.2 Å². The van der Waals surface area contributed by atoms with E-state index in [1.807, 2.05) is 0 Å². The SMILES string of the molecule is COc1cc(OC)cc(C(=O)N[C@@H](C(=O)N2CCC[C@@H](C(F)(F)F)C2)C(C)C)c1. The van der Waals surface area contributed by atoms with Gasteiger partial charge in [-0.15, -0.1) is 0 Å². The Labute approximate surface area is 168 Å². The molecule has 0 radical (unpaired) electrons. The number of benzene rings is 1. The summed E-state index contributed by atoms with van der Waals surface area (Å²) >= 11 is 0. The third kappa shape index (κ3) is 5.77.